The molecule has 0 bridgehead atoms. The molecule has 0 aliphatic carbocycles. The molecule has 6 nitrogen and oxygen atoms in total. The van der Waals surface area contributed by atoms with Crippen molar-refractivity contribution in [1.29, 1.82) is 0 Å². The first-order valence-corrected chi connectivity index (χ1v) is 6.98. The molecule has 0 amide bonds. The number of anilines is 1. The summed E-state index contributed by atoms with van der Waals surface area (Å²) in [6, 6.07) is 11.4. The van der Waals surface area contributed by atoms with Crippen LogP contribution in [0.15, 0.2) is 42.5 Å². The van der Waals surface area contributed by atoms with Crippen molar-refractivity contribution in [2.75, 3.05) is 18.9 Å². The second kappa shape index (κ2) is 11.7. The minimum Gasteiger partial charge on any atom is -0.508 e. The zero-order valence-corrected chi connectivity index (χ0v) is 13.4. The Morgan fingerprint density at radius 3 is 1.78 bits per heavy atom. The molecule has 0 aliphatic heterocycles. The number of carbonyl (C=O) groups is 1. The number of hydrogen-bond acceptors (Lipinski definition) is 6. The SMILES string of the molecule is C=O.CCOc1cc(O)cc(OCC)c1.Nc1cccc(O)c1. The third kappa shape index (κ3) is 8.87. The lowest BCUT2D eigenvalue weighted by molar-refractivity contribution is -0.0979. The largest absolute Gasteiger partial charge is 0.508 e. The van der Waals surface area contributed by atoms with Gasteiger partial charge in [-0.1, -0.05) is 6.07 Å². The molecule has 0 saturated carbocycles. The van der Waals surface area contributed by atoms with Gasteiger partial charge in [-0.15, -0.1) is 0 Å². The topological polar surface area (TPSA) is 102 Å². The van der Waals surface area contributed by atoms with Gasteiger partial charge in [0.15, 0.2) is 0 Å². The highest BCUT2D eigenvalue weighted by atomic mass is 16.5. The zero-order valence-electron chi connectivity index (χ0n) is 13.4. The van der Waals surface area contributed by atoms with Crippen molar-refractivity contribution < 1.29 is 24.5 Å². The van der Waals surface area contributed by atoms with Crippen molar-refractivity contribution >= 4 is 12.5 Å². The zero-order chi connectivity index (χ0) is 17.7. The normalized spacial score (nSPS) is 8.78. The summed E-state index contributed by atoms with van der Waals surface area (Å²) in [5, 5.41) is 18.0. The maximum absolute atomic E-state index is 9.29. The molecule has 0 saturated heterocycles. The van der Waals surface area contributed by atoms with Crippen molar-refractivity contribution in [2.24, 2.45) is 0 Å². The average Bonchev–Trinajstić information content (AvgIpc) is 2.50. The lowest BCUT2D eigenvalue weighted by atomic mass is 10.3. The molecule has 23 heavy (non-hydrogen) atoms. The summed E-state index contributed by atoms with van der Waals surface area (Å²) in [6.07, 6.45) is 0. The Morgan fingerprint density at radius 2 is 1.43 bits per heavy atom. The Bertz CT molecular complexity index is 533. The molecule has 0 radical (unpaired) electrons. The van der Waals surface area contributed by atoms with E-state index in [-0.39, 0.29) is 11.5 Å². The van der Waals surface area contributed by atoms with Gasteiger partial charge in [0, 0.05) is 30.0 Å². The van der Waals surface area contributed by atoms with E-state index in [4.69, 9.17) is 25.1 Å². The van der Waals surface area contributed by atoms with Crippen LogP contribution in [0, 0.1) is 0 Å². The first-order chi connectivity index (χ1) is 11.0. The van der Waals surface area contributed by atoms with Crippen LogP contribution in [0.1, 0.15) is 13.8 Å². The monoisotopic (exact) mass is 321 g/mol. The number of phenols is 2. The average molecular weight is 321 g/mol. The maximum atomic E-state index is 9.29. The van der Waals surface area contributed by atoms with E-state index in [0.717, 1.165) is 0 Å². The number of rotatable bonds is 4. The number of hydrogen-bond donors (Lipinski definition) is 3. The molecule has 0 heterocycles. The van der Waals surface area contributed by atoms with Crippen molar-refractivity contribution in [2.45, 2.75) is 13.8 Å². The van der Waals surface area contributed by atoms with E-state index in [1.807, 2.05) is 20.6 Å². The molecular formula is C17H23NO5. The van der Waals surface area contributed by atoms with Crippen LogP contribution < -0.4 is 15.2 Å². The fourth-order valence-corrected chi connectivity index (χ4v) is 1.58. The van der Waals surface area contributed by atoms with Gasteiger partial charge in [0.1, 0.15) is 29.8 Å². The van der Waals surface area contributed by atoms with Crippen molar-refractivity contribution in [3.8, 4) is 23.0 Å². The van der Waals surface area contributed by atoms with Gasteiger partial charge in [-0.3, -0.25) is 0 Å². The van der Waals surface area contributed by atoms with Gasteiger partial charge in [-0.2, -0.15) is 0 Å². The first-order valence-electron chi connectivity index (χ1n) is 6.98. The molecule has 0 fully saturated rings. The van der Waals surface area contributed by atoms with Crippen LogP contribution in [-0.4, -0.2) is 30.2 Å². The lowest BCUT2D eigenvalue weighted by Gasteiger charge is -2.07. The fraction of sp³-hybridized carbons (Fsp3) is 0.235. The lowest BCUT2D eigenvalue weighted by Crippen LogP contribution is -1.94. The van der Waals surface area contributed by atoms with Crippen molar-refractivity contribution in [3.05, 3.63) is 42.5 Å². The van der Waals surface area contributed by atoms with Gasteiger partial charge >= 0.3 is 0 Å². The molecule has 0 unspecified atom stereocenters. The Balaban J connectivity index is 0.000000414. The number of carbonyl (C=O) groups excluding carboxylic acids is 1. The third-order valence-electron chi connectivity index (χ3n) is 2.36. The predicted molar refractivity (Wildman–Crippen MR) is 90.1 cm³/mol. The van der Waals surface area contributed by atoms with E-state index in [1.54, 1.807) is 36.4 Å². The van der Waals surface area contributed by atoms with E-state index in [2.05, 4.69) is 0 Å². The summed E-state index contributed by atoms with van der Waals surface area (Å²) >= 11 is 0. The molecule has 0 aliphatic rings. The van der Waals surface area contributed by atoms with Gasteiger partial charge in [0.25, 0.3) is 0 Å². The van der Waals surface area contributed by atoms with Gasteiger partial charge in [0.05, 0.1) is 13.2 Å². The standard InChI is InChI=1S/C10H14O3.C6H7NO.CH2O/c1-3-12-9-5-8(11)6-10(7-9)13-4-2;7-5-2-1-3-6(8)4-5;1-2/h5-7,11H,3-4H2,1-2H3;1-4,8H,7H2;1H2. The first kappa shape index (κ1) is 20.1. The van der Waals surface area contributed by atoms with E-state index >= 15 is 0 Å². The minimum atomic E-state index is 0.161. The van der Waals surface area contributed by atoms with Crippen LogP contribution in [-0.2, 0) is 4.79 Å². The van der Waals surface area contributed by atoms with E-state index in [1.165, 1.54) is 6.07 Å². The van der Waals surface area contributed by atoms with Gasteiger partial charge in [0.2, 0.25) is 0 Å². The Morgan fingerprint density at radius 1 is 0.913 bits per heavy atom. The van der Waals surface area contributed by atoms with Crippen molar-refractivity contribution in [1.82, 2.24) is 0 Å². The van der Waals surface area contributed by atoms with Gasteiger partial charge < -0.3 is 30.2 Å². The molecule has 2 aromatic carbocycles. The summed E-state index contributed by atoms with van der Waals surface area (Å²) in [4.78, 5) is 8.00. The molecule has 2 aromatic rings. The fourth-order valence-electron chi connectivity index (χ4n) is 1.58. The molecule has 2 rings (SSSR count). The van der Waals surface area contributed by atoms with Crippen molar-refractivity contribution in [3.63, 3.8) is 0 Å². The highest BCUT2D eigenvalue weighted by Crippen LogP contribution is 2.26. The van der Waals surface area contributed by atoms with Gasteiger partial charge in [-0.25, -0.2) is 0 Å². The number of benzene rings is 2. The molecule has 0 spiro atoms. The summed E-state index contributed by atoms with van der Waals surface area (Å²) in [6.45, 7) is 6.94. The number of aromatic hydroxyl groups is 2. The number of nitrogens with two attached hydrogens (primary N) is 1. The van der Waals surface area contributed by atoms with E-state index in [0.29, 0.717) is 30.4 Å². The van der Waals surface area contributed by atoms with Crippen LogP contribution in [0.2, 0.25) is 0 Å². The second-order valence-corrected chi connectivity index (χ2v) is 4.12. The number of phenolic OH excluding ortho intramolecular Hbond substituents is 2. The highest BCUT2D eigenvalue weighted by molar-refractivity contribution is 5.42. The highest BCUT2D eigenvalue weighted by Gasteiger charge is 2.00. The number of nitrogen functional groups attached to an aromatic ring is 1. The second-order valence-electron chi connectivity index (χ2n) is 4.12. The summed E-state index contributed by atoms with van der Waals surface area (Å²) in [5.74, 6) is 1.64. The Hall–Kier alpha value is -2.89. The molecule has 6 heteroatoms. The quantitative estimate of drug-likeness (QED) is 0.748. The number of ether oxygens (including phenoxy) is 2. The minimum absolute atomic E-state index is 0.161. The van der Waals surface area contributed by atoms with Crippen LogP contribution in [0.3, 0.4) is 0 Å². The summed E-state index contributed by atoms with van der Waals surface area (Å²) in [5.41, 5.74) is 5.89. The maximum Gasteiger partial charge on any atom is 0.126 e. The van der Waals surface area contributed by atoms with Crippen LogP contribution in [0.5, 0.6) is 23.0 Å². The molecular weight excluding hydrogens is 298 g/mol. The van der Waals surface area contributed by atoms with E-state index in [9.17, 15) is 5.11 Å². The Labute approximate surface area is 136 Å². The Kier molecular flexibility index (Phi) is 10.3. The molecule has 0 atom stereocenters. The summed E-state index contributed by atoms with van der Waals surface area (Å²) < 4.78 is 10.5. The molecule has 4 N–H and O–H groups in total. The predicted octanol–water partition coefficient (Wildman–Crippen LogP) is 2.98. The molecule has 0 aromatic heterocycles. The van der Waals surface area contributed by atoms with Crippen LogP contribution in [0.4, 0.5) is 5.69 Å². The summed E-state index contributed by atoms with van der Waals surface area (Å²) in [7, 11) is 0. The molecule has 126 valence electrons. The van der Waals surface area contributed by atoms with Crippen LogP contribution in [0.25, 0.3) is 0 Å². The van der Waals surface area contributed by atoms with E-state index < -0.39 is 0 Å². The van der Waals surface area contributed by atoms with Crippen LogP contribution >= 0.6 is 0 Å². The smallest absolute Gasteiger partial charge is 0.126 e. The van der Waals surface area contributed by atoms with Gasteiger partial charge in [-0.05, 0) is 26.0 Å². The third-order valence-corrected chi connectivity index (χ3v) is 2.36.